The van der Waals surface area contributed by atoms with E-state index in [2.05, 4.69) is 15.3 Å². The van der Waals surface area contributed by atoms with Crippen molar-refractivity contribution in [2.75, 3.05) is 10.2 Å². The molecule has 0 aliphatic rings. The molecule has 10 heteroatoms. The topological polar surface area (TPSA) is 78.4 Å². The van der Waals surface area contributed by atoms with E-state index < -0.39 is 29.2 Å². The molecule has 1 heterocycles. The number of nitrogens with one attached hydrogen (secondary N) is 1. The number of alkyl halides is 3. The van der Waals surface area contributed by atoms with Crippen LogP contribution in [0.25, 0.3) is 0 Å². The number of hydrogen-bond acceptors (Lipinski definition) is 4. The van der Waals surface area contributed by atoms with Gasteiger partial charge in [0.15, 0.2) is 0 Å². The molecule has 26 heavy (non-hydrogen) atoms. The zero-order chi connectivity index (χ0) is 19.7. The smallest absolute Gasteiger partial charge is 0.421 e. The van der Waals surface area contributed by atoms with Crippen molar-refractivity contribution in [1.82, 2.24) is 9.97 Å². The summed E-state index contributed by atoms with van der Waals surface area (Å²) in [5.41, 5.74) is -1.32. The van der Waals surface area contributed by atoms with Crippen LogP contribution in [-0.4, -0.2) is 26.7 Å². The third-order valence-corrected chi connectivity index (χ3v) is 3.48. The molecule has 0 aliphatic carbocycles. The molecular formula is C16H16ClF3N4O2. The minimum absolute atomic E-state index is 0.221. The maximum Gasteiger partial charge on any atom is 0.421 e. The minimum Gasteiger partial charge on any atom is -0.465 e. The fourth-order valence-corrected chi connectivity index (χ4v) is 2.44. The van der Waals surface area contributed by atoms with Gasteiger partial charge in [-0.05, 0) is 50.6 Å². The number of aromatic nitrogens is 2. The van der Waals surface area contributed by atoms with Crippen molar-refractivity contribution in [2.45, 2.75) is 32.5 Å². The highest BCUT2D eigenvalue weighted by molar-refractivity contribution is 6.28. The molecule has 0 atom stereocenters. The average molecular weight is 389 g/mol. The van der Waals surface area contributed by atoms with Crippen molar-refractivity contribution in [2.24, 2.45) is 0 Å². The Morgan fingerprint density at radius 3 is 2.46 bits per heavy atom. The highest BCUT2D eigenvalue weighted by Gasteiger charge is 2.35. The maximum atomic E-state index is 13.1. The molecule has 140 valence electrons. The van der Waals surface area contributed by atoms with Crippen LogP contribution < -0.4 is 10.2 Å². The van der Waals surface area contributed by atoms with Gasteiger partial charge in [0.1, 0.15) is 11.4 Å². The third-order valence-electron chi connectivity index (χ3n) is 3.29. The van der Waals surface area contributed by atoms with Gasteiger partial charge in [-0.2, -0.15) is 18.2 Å². The van der Waals surface area contributed by atoms with E-state index in [1.54, 1.807) is 26.8 Å². The zero-order valence-corrected chi connectivity index (χ0v) is 14.9. The molecule has 0 spiro atoms. The lowest BCUT2D eigenvalue weighted by molar-refractivity contribution is -0.137. The highest BCUT2D eigenvalue weighted by Crippen LogP contribution is 2.35. The monoisotopic (exact) mass is 388 g/mol. The summed E-state index contributed by atoms with van der Waals surface area (Å²) in [4.78, 5) is 19.6. The van der Waals surface area contributed by atoms with Crippen molar-refractivity contribution in [1.29, 1.82) is 0 Å². The molecule has 0 bridgehead atoms. The Morgan fingerprint density at radius 1 is 1.27 bits per heavy atom. The lowest BCUT2D eigenvalue weighted by Crippen LogP contribution is -2.45. The van der Waals surface area contributed by atoms with Crippen LogP contribution in [0.4, 0.5) is 35.2 Å². The van der Waals surface area contributed by atoms with Gasteiger partial charge in [-0.15, -0.1) is 0 Å². The summed E-state index contributed by atoms with van der Waals surface area (Å²) in [7, 11) is 0. The minimum atomic E-state index is -4.68. The van der Waals surface area contributed by atoms with Crippen molar-refractivity contribution < 1.29 is 23.1 Å². The molecule has 0 unspecified atom stereocenters. The van der Waals surface area contributed by atoms with E-state index in [0.29, 0.717) is 11.9 Å². The molecule has 0 saturated heterocycles. The van der Waals surface area contributed by atoms with Crippen molar-refractivity contribution in [3.8, 4) is 0 Å². The van der Waals surface area contributed by atoms with Crippen LogP contribution in [0.3, 0.4) is 0 Å². The van der Waals surface area contributed by atoms with Crippen molar-refractivity contribution >= 4 is 34.9 Å². The molecule has 0 aliphatic heterocycles. The predicted octanol–water partition coefficient (Wildman–Crippen LogP) is 5.18. The molecule has 0 fully saturated rings. The first-order valence-electron chi connectivity index (χ1n) is 7.39. The van der Waals surface area contributed by atoms with Crippen LogP contribution in [-0.2, 0) is 6.18 Å². The van der Waals surface area contributed by atoms with Crippen molar-refractivity contribution in [3.63, 3.8) is 0 Å². The Bertz CT molecular complexity index is 822. The SMILES string of the molecule is CC(C)(C)N(C(=O)O)c1cccc(Nc2nc(Cl)ncc2C(F)(F)F)c1. The Morgan fingerprint density at radius 2 is 1.92 bits per heavy atom. The number of carbonyl (C=O) groups is 1. The number of anilines is 3. The van der Waals surface area contributed by atoms with Gasteiger partial charge in [0.05, 0.1) is 0 Å². The van der Waals surface area contributed by atoms with Crippen LogP contribution in [0.5, 0.6) is 0 Å². The number of rotatable bonds is 3. The van der Waals surface area contributed by atoms with Gasteiger partial charge in [-0.1, -0.05) is 6.07 Å². The van der Waals surface area contributed by atoms with Crippen LogP contribution in [0.2, 0.25) is 5.28 Å². The van der Waals surface area contributed by atoms with Gasteiger partial charge in [0.25, 0.3) is 0 Å². The van der Waals surface area contributed by atoms with E-state index in [4.69, 9.17) is 11.6 Å². The highest BCUT2D eigenvalue weighted by atomic mass is 35.5. The summed E-state index contributed by atoms with van der Waals surface area (Å²) in [6.07, 6.45) is -5.28. The Kier molecular flexibility index (Phi) is 5.31. The first kappa shape index (κ1) is 19.8. The molecule has 1 aromatic carbocycles. The van der Waals surface area contributed by atoms with Gasteiger partial charge in [-0.3, -0.25) is 4.90 Å². The second-order valence-electron chi connectivity index (χ2n) is 6.36. The molecule has 6 nitrogen and oxygen atoms in total. The molecule has 2 aromatic rings. The summed E-state index contributed by atoms with van der Waals surface area (Å²) in [6, 6.07) is 5.97. The number of amides is 1. The standard InChI is InChI=1S/C16H16ClF3N4O2/c1-15(2,3)24(14(25)26)10-6-4-5-9(7-10)22-12-11(16(18,19)20)8-21-13(17)23-12/h4-8H,1-3H3,(H,25,26)(H,21,22,23). The normalized spacial score (nSPS) is 12.0. The molecular weight excluding hydrogens is 373 g/mol. The van der Waals surface area contributed by atoms with Gasteiger partial charge < -0.3 is 10.4 Å². The Hall–Kier alpha value is -2.55. The number of benzene rings is 1. The van der Waals surface area contributed by atoms with E-state index in [9.17, 15) is 23.1 Å². The summed E-state index contributed by atoms with van der Waals surface area (Å²) < 4.78 is 39.3. The zero-order valence-electron chi connectivity index (χ0n) is 14.1. The van der Waals surface area contributed by atoms with Gasteiger partial charge >= 0.3 is 12.3 Å². The van der Waals surface area contributed by atoms with Crippen LogP contribution >= 0.6 is 11.6 Å². The predicted molar refractivity (Wildman–Crippen MR) is 92.0 cm³/mol. The first-order valence-corrected chi connectivity index (χ1v) is 7.77. The molecule has 0 saturated carbocycles. The van der Waals surface area contributed by atoms with E-state index in [-0.39, 0.29) is 11.0 Å². The maximum absolute atomic E-state index is 13.1. The quantitative estimate of drug-likeness (QED) is 0.709. The summed E-state index contributed by atoms with van der Waals surface area (Å²) in [5, 5.41) is 11.6. The molecule has 1 amide bonds. The van der Waals surface area contributed by atoms with Crippen LogP contribution in [0.15, 0.2) is 30.5 Å². The van der Waals surface area contributed by atoms with Gasteiger partial charge in [-0.25, -0.2) is 9.78 Å². The molecule has 0 radical (unpaired) electrons. The number of hydrogen-bond donors (Lipinski definition) is 2. The Balaban J connectivity index is 2.44. The van der Waals surface area contributed by atoms with Crippen molar-refractivity contribution in [3.05, 3.63) is 41.3 Å². The largest absolute Gasteiger partial charge is 0.465 e. The second-order valence-corrected chi connectivity index (χ2v) is 6.70. The lowest BCUT2D eigenvalue weighted by Gasteiger charge is -2.33. The fraction of sp³-hybridized carbons (Fsp3) is 0.312. The second kappa shape index (κ2) is 6.99. The van der Waals surface area contributed by atoms with Crippen LogP contribution in [0, 0.1) is 0 Å². The van der Waals surface area contributed by atoms with E-state index in [1.807, 2.05) is 0 Å². The lowest BCUT2D eigenvalue weighted by atomic mass is 10.1. The molecule has 2 rings (SSSR count). The first-order chi connectivity index (χ1) is 11.9. The van der Waals surface area contributed by atoms with E-state index in [0.717, 1.165) is 4.90 Å². The van der Waals surface area contributed by atoms with E-state index in [1.165, 1.54) is 18.2 Å². The average Bonchev–Trinajstić information content (AvgIpc) is 2.44. The summed E-state index contributed by atoms with van der Waals surface area (Å²) in [5.74, 6) is -0.521. The molecule has 1 aromatic heterocycles. The van der Waals surface area contributed by atoms with Gasteiger partial charge in [0.2, 0.25) is 5.28 Å². The summed E-state index contributed by atoms with van der Waals surface area (Å²) in [6.45, 7) is 5.10. The molecule has 2 N–H and O–H groups in total. The van der Waals surface area contributed by atoms with Crippen LogP contribution in [0.1, 0.15) is 26.3 Å². The number of halogens is 4. The van der Waals surface area contributed by atoms with Gasteiger partial charge in [0, 0.05) is 23.1 Å². The van der Waals surface area contributed by atoms with E-state index >= 15 is 0 Å². The third kappa shape index (κ3) is 4.54. The fourth-order valence-electron chi connectivity index (χ4n) is 2.31. The Labute approximate surface area is 152 Å². The summed E-state index contributed by atoms with van der Waals surface area (Å²) >= 11 is 5.60. The number of carboxylic acid groups (broad SMARTS) is 1. The number of nitrogens with zero attached hydrogens (tertiary/aromatic N) is 3.